The van der Waals surface area contributed by atoms with Gasteiger partial charge in [0.15, 0.2) is 5.78 Å². The van der Waals surface area contributed by atoms with Crippen LogP contribution < -0.4 is 5.32 Å². The van der Waals surface area contributed by atoms with Gasteiger partial charge >= 0.3 is 0 Å². The van der Waals surface area contributed by atoms with Crippen LogP contribution in [0, 0.1) is 24.0 Å². The molecule has 1 N–H and O–H groups in total. The highest BCUT2D eigenvalue weighted by Crippen LogP contribution is 2.41. The van der Waals surface area contributed by atoms with Gasteiger partial charge in [-0.2, -0.15) is 4.98 Å². The molecule has 1 aliphatic heterocycles. The molecule has 0 fully saturated rings. The van der Waals surface area contributed by atoms with Crippen LogP contribution in [0.25, 0.3) is 0 Å². The summed E-state index contributed by atoms with van der Waals surface area (Å²) in [5.74, 6) is 1.33. The SMILES string of the molecule is Cc1ccc(CSc2nc3n(n2)[C@@H](c2cccc([N+](=O)[O-])c2)C2=C(CCCC2=O)N3)c(C)c1. The van der Waals surface area contributed by atoms with E-state index in [-0.39, 0.29) is 11.5 Å². The van der Waals surface area contributed by atoms with Crippen LogP contribution in [0.15, 0.2) is 58.9 Å². The van der Waals surface area contributed by atoms with E-state index >= 15 is 0 Å². The van der Waals surface area contributed by atoms with Crippen molar-refractivity contribution in [3.05, 3.63) is 86.1 Å². The average Bonchev–Trinajstić information content (AvgIpc) is 3.19. The van der Waals surface area contributed by atoms with Crippen molar-refractivity contribution in [3.63, 3.8) is 0 Å². The summed E-state index contributed by atoms with van der Waals surface area (Å²) in [6.45, 7) is 4.17. The van der Waals surface area contributed by atoms with Gasteiger partial charge in [-0.15, -0.1) is 5.10 Å². The molecule has 33 heavy (non-hydrogen) atoms. The van der Waals surface area contributed by atoms with E-state index in [2.05, 4.69) is 42.3 Å². The highest BCUT2D eigenvalue weighted by Gasteiger charge is 2.37. The maximum Gasteiger partial charge on any atom is 0.269 e. The molecular weight excluding hydrogens is 438 g/mol. The van der Waals surface area contributed by atoms with E-state index in [1.807, 2.05) is 6.07 Å². The second-order valence-electron chi connectivity index (χ2n) is 8.43. The molecule has 8 nitrogen and oxygen atoms in total. The Bertz CT molecular complexity index is 1310. The number of nitrogens with zero attached hydrogens (tertiary/aromatic N) is 4. The molecule has 0 saturated heterocycles. The zero-order valence-electron chi connectivity index (χ0n) is 18.4. The first-order valence-corrected chi connectivity index (χ1v) is 11.8. The lowest BCUT2D eigenvalue weighted by molar-refractivity contribution is -0.384. The molecule has 2 heterocycles. The van der Waals surface area contributed by atoms with Gasteiger partial charge < -0.3 is 5.32 Å². The van der Waals surface area contributed by atoms with Crippen LogP contribution in [0.5, 0.6) is 0 Å². The minimum atomic E-state index is -0.535. The van der Waals surface area contributed by atoms with E-state index in [0.717, 1.165) is 24.3 Å². The van der Waals surface area contributed by atoms with Gasteiger partial charge in [0.05, 0.1) is 4.92 Å². The molecule has 2 aromatic carbocycles. The smallest absolute Gasteiger partial charge is 0.269 e. The summed E-state index contributed by atoms with van der Waals surface area (Å²) >= 11 is 1.53. The Morgan fingerprint density at radius 1 is 1.21 bits per heavy atom. The van der Waals surface area contributed by atoms with E-state index in [1.54, 1.807) is 10.7 Å². The Balaban J connectivity index is 1.52. The number of ketones is 1. The van der Waals surface area contributed by atoms with Crippen molar-refractivity contribution in [1.29, 1.82) is 0 Å². The van der Waals surface area contributed by atoms with Gasteiger partial charge in [0.25, 0.3) is 5.69 Å². The quantitative estimate of drug-likeness (QED) is 0.320. The Labute approximate surface area is 195 Å². The fourth-order valence-electron chi connectivity index (χ4n) is 4.46. The van der Waals surface area contributed by atoms with Gasteiger partial charge in [0.2, 0.25) is 11.1 Å². The van der Waals surface area contributed by atoms with Gasteiger partial charge in [-0.1, -0.05) is 47.7 Å². The molecule has 1 atom stereocenters. The van der Waals surface area contributed by atoms with Crippen molar-refractivity contribution in [3.8, 4) is 0 Å². The molecule has 0 spiro atoms. The third-order valence-corrected chi connectivity index (χ3v) is 6.99. The number of allylic oxidation sites excluding steroid dienone is 2. The molecule has 1 aromatic heterocycles. The minimum absolute atomic E-state index is 0.0115. The zero-order valence-corrected chi connectivity index (χ0v) is 19.2. The Morgan fingerprint density at radius 2 is 2.06 bits per heavy atom. The fraction of sp³-hybridized carbons (Fsp3) is 0.292. The highest BCUT2D eigenvalue weighted by molar-refractivity contribution is 7.98. The maximum atomic E-state index is 12.9. The van der Waals surface area contributed by atoms with Crippen molar-refractivity contribution in [2.24, 2.45) is 0 Å². The number of carbonyl (C=O) groups excluding carboxylic acids is 1. The molecule has 0 saturated carbocycles. The minimum Gasteiger partial charge on any atom is -0.328 e. The molecule has 0 amide bonds. The van der Waals surface area contributed by atoms with E-state index < -0.39 is 11.0 Å². The van der Waals surface area contributed by atoms with Gasteiger partial charge in [0.1, 0.15) is 6.04 Å². The van der Waals surface area contributed by atoms with Gasteiger partial charge in [-0.3, -0.25) is 14.9 Å². The number of hydrogen-bond acceptors (Lipinski definition) is 7. The van der Waals surface area contributed by atoms with E-state index in [1.165, 1.54) is 40.6 Å². The molecular formula is C24H23N5O3S. The summed E-state index contributed by atoms with van der Waals surface area (Å²) in [6, 6.07) is 12.3. The van der Waals surface area contributed by atoms with Crippen molar-refractivity contribution in [1.82, 2.24) is 14.8 Å². The topological polar surface area (TPSA) is 103 Å². The number of benzene rings is 2. The Hall–Kier alpha value is -3.46. The number of fused-ring (bicyclic) bond motifs is 1. The molecule has 3 aromatic rings. The number of carbonyl (C=O) groups is 1. The van der Waals surface area contributed by atoms with Gasteiger partial charge in [0, 0.05) is 35.6 Å². The molecule has 1 aliphatic carbocycles. The van der Waals surface area contributed by atoms with Crippen LogP contribution in [0.2, 0.25) is 0 Å². The Kier molecular flexibility index (Phi) is 5.49. The third kappa shape index (κ3) is 4.04. The Morgan fingerprint density at radius 3 is 2.85 bits per heavy atom. The van der Waals surface area contributed by atoms with Crippen LogP contribution >= 0.6 is 11.8 Å². The summed E-state index contributed by atoms with van der Waals surface area (Å²) in [5.41, 5.74) is 5.78. The summed E-state index contributed by atoms with van der Waals surface area (Å²) in [5, 5.41) is 20.0. The largest absolute Gasteiger partial charge is 0.328 e. The van der Waals surface area contributed by atoms with E-state index in [9.17, 15) is 14.9 Å². The van der Waals surface area contributed by atoms with E-state index in [0.29, 0.717) is 28.7 Å². The highest BCUT2D eigenvalue weighted by atomic mass is 32.2. The summed E-state index contributed by atoms with van der Waals surface area (Å²) in [6.07, 6.45) is 1.98. The second kappa shape index (κ2) is 8.47. The van der Waals surface area contributed by atoms with Crippen molar-refractivity contribution in [2.75, 3.05) is 5.32 Å². The number of thioether (sulfide) groups is 1. The number of non-ortho nitro benzene ring substituents is 1. The number of nitrogens with one attached hydrogen (secondary N) is 1. The fourth-order valence-corrected chi connectivity index (χ4v) is 5.37. The molecule has 0 radical (unpaired) electrons. The van der Waals surface area contributed by atoms with Gasteiger partial charge in [-0.05, 0) is 43.4 Å². The van der Waals surface area contributed by atoms with Crippen molar-refractivity contribution >= 4 is 29.2 Å². The number of nitro benzene ring substituents is 1. The van der Waals surface area contributed by atoms with Crippen LogP contribution in [0.3, 0.4) is 0 Å². The number of aryl methyl sites for hydroxylation is 2. The predicted molar refractivity (Wildman–Crippen MR) is 126 cm³/mol. The number of aromatic nitrogens is 3. The maximum absolute atomic E-state index is 12.9. The van der Waals surface area contributed by atoms with Crippen LogP contribution in [-0.2, 0) is 10.5 Å². The lowest BCUT2D eigenvalue weighted by atomic mass is 9.85. The first kappa shape index (κ1) is 21.4. The van der Waals surface area contributed by atoms with Crippen molar-refractivity contribution in [2.45, 2.75) is 50.1 Å². The number of anilines is 1. The van der Waals surface area contributed by atoms with Crippen LogP contribution in [-0.4, -0.2) is 25.5 Å². The molecule has 0 bridgehead atoms. The van der Waals surface area contributed by atoms with E-state index in [4.69, 9.17) is 5.10 Å². The summed E-state index contributed by atoms with van der Waals surface area (Å²) in [7, 11) is 0. The number of nitro groups is 1. The normalized spacial score (nSPS) is 17.4. The molecule has 5 rings (SSSR count). The van der Waals surface area contributed by atoms with Crippen LogP contribution in [0.1, 0.15) is 47.6 Å². The summed E-state index contributed by atoms with van der Waals surface area (Å²) in [4.78, 5) is 28.6. The standard InChI is InChI=1S/C24H23N5O3S/c1-14-9-10-17(15(2)11-14)13-33-24-26-23-25-19-7-4-8-20(30)21(19)22(28(23)27-24)16-5-3-6-18(12-16)29(31)32/h3,5-6,9-12,22H,4,7-8,13H2,1-2H3,(H,25,26,27)/t22-/m0/s1. The summed E-state index contributed by atoms with van der Waals surface area (Å²) < 4.78 is 1.70. The monoisotopic (exact) mass is 461 g/mol. The molecule has 2 aliphatic rings. The van der Waals surface area contributed by atoms with Gasteiger partial charge in [-0.25, -0.2) is 4.68 Å². The predicted octanol–water partition coefficient (Wildman–Crippen LogP) is 5.12. The number of hydrogen-bond donors (Lipinski definition) is 1. The number of rotatable bonds is 5. The number of Topliss-reactive ketones (excluding diaryl/α,β-unsaturated/α-hetero) is 1. The van der Waals surface area contributed by atoms with Crippen molar-refractivity contribution < 1.29 is 9.72 Å². The molecule has 168 valence electrons. The first-order valence-electron chi connectivity index (χ1n) is 10.8. The molecule has 0 unspecified atom stereocenters. The lowest BCUT2D eigenvalue weighted by Gasteiger charge is -2.32. The van der Waals surface area contributed by atoms with Crippen LogP contribution in [0.4, 0.5) is 11.6 Å². The third-order valence-electron chi connectivity index (χ3n) is 6.10. The molecule has 9 heteroatoms. The lowest BCUT2D eigenvalue weighted by Crippen LogP contribution is -2.31. The first-order chi connectivity index (χ1) is 15.9. The average molecular weight is 462 g/mol. The second-order valence-corrected chi connectivity index (χ2v) is 9.37. The zero-order chi connectivity index (χ0) is 23.1.